The maximum absolute atomic E-state index is 9.76. The van der Waals surface area contributed by atoms with Gasteiger partial charge in [0.2, 0.25) is 0 Å². The van der Waals surface area contributed by atoms with Crippen molar-refractivity contribution in [2.24, 2.45) is 0 Å². The number of benzene rings is 4. The lowest BCUT2D eigenvalue weighted by atomic mass is 10.0. The summed E-state index contributed by atoms with van der Waals surface area (Å²) in [5, 5.41) is 13.0. The highest BCUT2D eigenvalue weighted by molar-refractivity contribution is 14.1. The van der Waals surface area contributed by atoms with Crippen molar-refractivity contribution in [2.75, 3.05) is 6.61 Å². The van der Waals surface area contributed by atoms with Gasteiger partial charge in [0.15, 0.2) is 11.5 Å². The normalized spacial score (nSPS) is 11.3. The van der Waals surface area contributed by atoms with Gasteiger partial charge in [-0.05, 0) is 81.8 Å². The SMILES string of the molecule is CCOc1cc(/C=C(\C#N)c2ccc(Cl)cc2Cl)cc(I)c1OCc1cccc2ccccc12. The average molecular weight is 600 g/mol. The minimum Gasteiger partial charge on any atom is -0.490 e. The quantitative estimate of drug-likeness (QED) is 0.121. The van der Waals surface area contributed by atoms with Crippen LogP contribution in [0, 0.1) is 14.9 Å². The highest BCUT2D eigenvalue weighted by Crippen LogP contribution is 2.37. The molecule has 0 spiro atoms. The predicted molar refractivity (Wildman–Crippen MR) is 149 cm³/mol. The Hall–Kier alpha value is -2.72. The van der Waals surface area contributed by atoms with E-state index < -0.39 is 0 Å². The van der Waals surface area contributed by atoms with E-state index in [1.165, 1.54) is 5.39 Å². The molecule has 4 rings (SSSR count). The van der Waals surface area contributed by atoms with E-state index in [9.17, 15) is 5.26 Å². The molecule has 0 aliphatic heterocycles. The highest BCUT2D eigenvalue weighted by Gasteiger charge is 2.14. The molecule has 0 unspecified atom stereocenters. The van der Waals surface area contributed by atoms with Crippen molar-refractivity contribution < 1.29 is 9.47 Å². The number of ether oxygens (including phenoxy) is 2. The van der Waals surface area contributed by atoms with Gasteiger partial charge in [-0.2, -0.15) is 5.26 Å². The van der Waals surface area contributed by atoms with Crippen molar-refractivity contribution in [3.05, 3.63) is 103 Å². The molecule has 0 saturated carbocycles. The standard InChI is InChI=1S/C28H20Cl2INO2/c1-2-33-27-14-18(12-21(16-32)24-11-10-22(29)15-25(24)30)13-26(31)28(27)34-17-20-8-5-7-19-6-3-4-9-23(19)20/h3-15H,2,17H2,1H3/b21-12+. The van der Waals surface area contributed by atoms with Gasteiger partial charge in [-0.25, -0.2) is 0 Å². The lowest BCUT2D eigenvalue weighted by molar-refractivity contribution is 0.268. The fourth-order valence-electron chi connectivity index (χ4n) is 3.69. The summed E-state index contributed by atoms with van der Waals surface area (Å²) < 4.78 is 13.1. The average Bonchev–Trinajstić information content (AvgIpc) is 2.82. The summed E-state index contributed by atoms with van der Waals surface area (Å²) in [4.78, 5) is 0. The Morgan fingerprint density at radius 1 is 1.00 bits per heavy atom. The molecule has 0 fully saturated rings. The van der Waals surface area contributed by atoms with Crippen LogP contribution in [0.2, 0.25) is 10.0 Å². The molecular weight excluding hydrogens is 580 g/mol. The Morgan fingerprint density at radius 3 is 2.56 bits per heavy atom. The first kappa shape index (κ1) is 24.4. The first-order valence-corrected chi connectivity index (χ1v) is 12.5. The van der Waals surface area contributed by atoms with Crippen molar-refractivity contribution in [1.29, 1.82) is 5.26 Å². The van der Waals surface area contributed by atoms with Crippen LogP contribution in [0.1, 0.15) is 23.6 Å². The number of hydrogen-bond donors (Lipinski definition) is 0. The molecular formula is C28H20Cl2INO2. The minimum atomic E-state index is 0.413. The first-order chi connectivity index (χ1) is 16.5. The lowest BCUT2D eigenvalue weighted by Crippen LogP contribution is -2.02. The van der Waals surface area contributed by atoms with E-state index in [4.69, 9.17) is 32.7 Å². The number of halogens is 3. The van der Waals surface area contributed by atoms with E-state index in [-0.39, 0.29) is 0 Å². The van der Waals surface area contributed by atoms with Gasteiger partial charge in [-0.1, -0.05) is 71.7 Å². The molecule has 0 atom stereocenters. The van der Waals surface area contributed by atoms with Crippen LogP contribution >= 0.6 is 45.8 Å². The number of rotatable bonds is 7. The number of allylic oxidation sites excluding steroid dienone is 1. The molecule has 6 heteroatoms. The summed E-state index contributed by atoms with van der Waals surface area (Å²) in [6, 6.07) is 25.6. The zero-order chi connectivity index (χ0) is 24.1. The van der Waals surface area contributed by atoms with Crippen LogP contribution in [0.5, 0.6) is 11.5 Å². The summed E-state index contributed by atoms with van der Waals surface area (Å²) in [6.45, 7) is 2.83. The maximum atomic E-state index is 9.76. The molecule has 0 amide bonds. The zero-order valence-corrected chi connectivity index (χ0v) is 22.0. The second kappa shape index (κ2) is 11.1. The van der Waals surface area contributed by atoms with Gasteiger partial charge in [0.05, 0.1) is 26.8 Å². The maximum Gasteiger partial charge on any atom is 0.175 e. The number of nitriles is 1. The van der Waals surface area contributed by atoms with E-state index in [1.54, 1.807) is 24.3 Å². The Bertz CT molecular complexity index is 1420. The fourth-order valence-corrected chi connectivity index (χ4v) is 4.98. The van der Waals surface area contributed by atoms with Crippen molar-refractivity contribution >= 4 is 68.2 Å². The molecule has 0 heterocycles. The molecule has 170 valence electrons. The van der Waals surface area contributed by atoms with Crippen molar-refractivity contribution in [3.8, 4) is 17.6 Å². The third kappa shape index (κ3) is 5.50. The summed E-state index contributed by atoms with van der Waals surface area (Å²) in [5.41, 5.74) is 2.97. The molecule has 0 radical (unpaired) electrons. The Kier molecular flexibility index (Phi) is 7.99. The monoisotopic (exact) mass is 599 g/mol. The Morgan fingerprint density at radius 2 is 1.79 bits per heavy atom. The largest absolute Gasteiger partial charge is 0.490 e. The fraction of sp³-hybridized carbons (Fsp3) is 0.107. The zero-order valence-electron chi connectivity index (χ0n) is 18.3. The van der Waals surface area contributed by atoms with Crippen LogP contribution < -0.4 is 9.47 Å². The molecule has 0 aliphatic rings. The van der Waals surface area contributed by atoms with Crippen LogP contribution in [0.3, 0.4) is 0 Å². The highest BCUT2D eigenvalue weighted by atomic mass is 127. The van der Waals surface area contributed by atoms with Gasteiger partial charge < -0.3 is 9.47 Å². The number of hydrogen-bond acceptors (Lipinski definition) is 3. The van der Waals surface area contributed by atoms with Crippen LogP contribution in [0.4, 0.5) is 0 Å². The van der Waals surface area contributed by atoms with Gasteiger partial charge in [-0.15, -0.1) is 0 Å². The summed E-state index contributed by atoms with van der Waals surface area (Å²) in [6.07, 6.45) is 1.79. The van der Waals surface area contributed by atoms with E-state index >= 15 is 0 Å². The van der Waals surface area contributed by atoms with E-state index in [1.807, 2.05) is 37.3 Å². The second-order valence-corrected chi connectivity index (χ2v) is 9.49. The molecule has 3 nitrogen and oxygen atoms in total. The summed E-state index contributed by atoms with van der Waals surface area (Å²) in [5.74, 6) is 1.30. The molecule has 34 heavy (non-hydrogen) atoms. The molecule has 0 aromatic heterocycles. The van der Waals surface area contributed by atoms with Crippen LogP contribution in [0.15, 0.2) is 72.8 Å². The lowest BCUT2D eigenvalue weighted by Gasteiger charge is -2.16. The molecule has 0 saturated heterocycles. The second-order valence-electron chi connectivity index (χ2n) is 7.48. The van der Waals surface area contributed by atoms with Gasteiger partial charge in [0.1, 0.15) is 6.61 Å². The smallest absolute Gasteiger partial charge is 0.175 e. The van der Waals surface area contributed by atoms with Crippen molar-refractivity contribution in [3.63, 3.8) is 0 Å². The topological polar surface area (TPSA) is 42.2 Å². The molecule has 0 N–H and O–H groups in total. The van der Waals surface area contributed by atoms with Gasteiger partial charge in [-0.3, -0.25) is 0 Å². The predicted octanol–water partition coefficient (Wildman–Crippen LogP) is 8.79. The van der Waals surface area contributed by atoms with Gasteiger partial charge in [0.25, 0.3) is 0 Å². The van der Waals surface area contributed by atoms with Crippen LogP contribution in [0.25, 0.3) is 22.4 Å². The van der Waals surface area contributed by atoms with Crippen LogP contribution in [-0.4, -0.2) is 6.61 Å². The van der Waals surface area contributed by atoms with E-state index in [0.717, 1.165) is 20.1 Å². The van der Waals surface area contributed by atoms with Crippen molar-refractivity contribution in [2.45, 2.75) is 13.5 Å². The van der Waals surface area contributed by atoms with Gasteiger partial charge >= 0.3 is 0 Å². The van der Waals surface area contributed by atoms with E-state index in [2.05, 4.69) is 52.9 Å². The third-order valence-corrected chi connectivity index (χ3v) is 6.59. The number of nitrogens with zero attached hydrogens (tertiary/aromatic N) is 1. The molecule has 0 bridgehead atoms. The number of fused-ring (bicyclic) bond motifs is 1. The Balaban J connectivity index is 1.67. The molecule has 0 aliphatic carbocycles. The summed E-state index contributed by atoms with van der Waals surface area (Å²) >= 11 is 14.6. The Labute approximate surface area is 222 Å². The van der Waals surface area contributed by atoms with E-state index in [0.29, 0.717) is 45.9 Å². The van der Waals surface area contributed by atoms with Crippen LogP contribution in [-0.2, 0) is 6.61 Å². The summed E-state index contributed by atoms with van der Waals surface area (Å²) in [7, 11) is 0. The molecule has 4 aromatic carbocycles. The van der Waals surface area contributed by atoms with Crippen molar-refractivity contribution in [1.82, 2.24) is 0 Å². The first-order valence-electron chi connectivity index (χ1n) is 10.6. The van der Waals surface area contributed by atoms with Gasteiger partial charge in [0, 0.05) is 10.6 Å². The third-order valence-electron chi connectivity index (χ3n) is 5.24. The molecule has 4 aromatic rings. The minimum absolute atomic E-state index is 0.413.